The predicted molar refractivity (Wildman–Crippen MR) is 66.4 cm³/mol. The molecule has 1 aromatic rings. The zero-order chi connectivity index (χ0) is 12.5. The molecule has 2 nitrogen and oxygen atoms in total. The van der Waals surface area contributed by atoms with Gasteiger partial charge in [-0.1, -0.05) is 23.2 Å². The lowest BCUT2D eigenvalue weighted by Gasteiger charge is -2.19. The lowest BCUT2D eigenvalue weighted by molar-refractivity contribution is 0.00695. The molecule has 0 heterocycles. The molecule has 0 aromatic heterocycles. The van der Waals surface area contributed by atoms with Crippen molar-refractivity contribution in [2.24, 2.45) is 0 Å². The van der Waals surface area contributed by atoms with Gasteiger partial charge in [0.25, 0.3) is 0 Å². The third kappa shape index (κ3) is 3.39. The van der Waals surface area contributed by atoms with Crippen LogP contribution in [0.2, 0.25) is 10.0 Å². The van der Waals surface area contributed by atoms with E-state index < -0.39 is 11.6 Å². The second kappa shape index (κ2) is 4.64. The number of carbonyl (C=O) groups is 1. The Morgan fingerprint density at radius 3 is 2.00 bits per heavy atom. The van der Waals surface area contributed by atoms with Gasteiger partial charge < -0.3 is 4.74 Å². The predicted octanol–water partition coefficient (Wildman–Crippen LogP) is 4.26. The Labute approximate surface area is 106 Å². The van der Waals surface area contributed by atoms with Gasteiger partial charge in [-0.2, -0.15) is 0 Å². The van der Waals surface area contributed by atoms with Crippen LogP contribution in [0.3, 0.4) is 0 Å². The summed E-state index contributed by atoms with van der Waals surface area (Å²) in [5.74, 6) is -0.420. The van der Waals surface area contributed by atoms with E-state index in [4.69, 9.17) is 27.9 Å². The molecule has 0 saturated carbocycles. The molecule has 0 fully saturated rings. The molecule has 16 heavy (non-hydrogen) atoms. The molecule has 1 aromatic carbocycles. The third-order valence-electron chi connectivity index (χ3n) is 1.92. The first-order chi connectivity index (χ1) is 7.20. The molecule has 1 rings (SSSR count). The molecule has 0 spiro atoms. The van der Waals surface area contributed by atoms with E-state index >= 15 is 0 Å². The third-order valence-corrected chi connectivity index (χ3v) is 2.70. The van der Waals surface area contributed by atoms with Gasteiger partial charge in [0.15, 0.2) is 0 Å². The Morgan fingerprint density at radius 1 is 1.19 bits per heavy atom. The molecule has 0 saturated heterocycles. The van der Waals surface area contributed by atoms with Gasteiger partial charge in [-0.25, -0.2) is 4.79 Å². The molecule has 0 bridgehead atoms. The Kier molecular flexibility index (Phi) is 3.87. The summed E-state index contributed by atoms with van der Waals surface area (Å²) < 4.78 is 5.22. The second-order valence-electron chi connectivity index (χ2n) is 4.57. The number of hydrogen-bond donors (Lipinski definition) is 0. The van der Waals surface area contributed by atoms with E-state index in [0.717, 1.165) is 5.56 Å². The van der Waals surface area contributed by atoms with Crippen LogP contribution in [0.5, 0.6) is 0 Å². The fraction of sp³-hybridized carbons (Fsp3) is 0.417. The van der Waals surface area contributed by atoms with E-state index in [1.54, 1.807) is 19.1 Å². The van der Waals surface area contributed by atoms with Crippen LogP contribution in [0.15, 0.2) is 12.1 Å². The molecule has 0 radical (unpaired) electrons. The molecule has 88 valence electrons. The van der Waals surface area contributed by atoms with Gasteiger partial charge in [-0.05, 0) is 45.4 Å². The zero-order valence-corrected chi connectivity index (χ0v) is 11.2. The summed E-state index contributed by atoms with van der Waals surface area (Å²) in [7, 11) is 0. The molecular weight excluding hydrogens is 247 g/mol. The van der Waals surface area contributed by atoms with Gasteiger partial charge in [0.1, 0.15) is 5.60 Å². The summed E-state index contributed by atoms with van der Waals surface area (Å²) in [5, 5.41) is 0.932. The molecule has 0 atom stereocenters. The van der Waals surface area contributed by atoms with Gasteiger partial charge >= 0.3 is 5.97 Å². The summed E-state index contributed by atoms with van der Waals surface area (Å²) in [6.45, 7) is 7.22. The maximum atomic E-state index is 11.7. The number of esters is 1. The van der Waals surface area contributed by atoms with E-state index in [9.17, 15) is 4.79 Å². The highest BCUT2D eigenvalue weighted by Crippen LogP contribution is 2.26. The van der Waals surface area contributed by atoms with Crippen LogP contribution in [0, 0.1) is 6.92 Å². The molecule has 0 N–H and O–H groups in total. The van der Waals surface area contributed by atoms with E-state index in [1.165, 1.54) is 0 Å². The molecule has 4 heteroatoms. The van der Waals surface area contributed by atoms with E-state index in [1.807, 2.05) is 20.8 Å². The van der Waals surface area contributed by atoms with Crippen molar-refractivity contribution in [1.82, 2.24) is 0 Å². The highest BCUT2D eigenvalue weighted by Gasteiger charge is 2.19. The van der Waals surface area contributed by atoms with E-state index in [-0.39, 0.29) is 0 Å². The molecule has 0 unspecified atom stereocenters. The smallest absolute Gasteiger partial charge is 0.338 e. The number of rotatable bonds is 1. The number of carbonyl (C=O) groups excluding carboxylic acids is 1. The second-order valence-corrected chi connectivity index (χ2v) is 5.38. The van der Waals surface area contributed by atoms with Gasteiger partial charge in [0.05, 0.1) is 5.56 Å². The van der Waals surface area contributed by atoms with Crippen LogP contribution < -0.4 is 0 Å². The van der Waals surface area contributed by atoms with Crippen molar-refractivity contribution < 1.29 is 9.53 Å². The minimum absolute atomic E-state index is 0.371. The Hall–Kier alpha value is -0.730. The van der Waals surface area contributed by atoms with Crippen LogP contribution in [0.25, 0.3) is 0 Å². The van der Waals surface area contributed by atoms with E-state index in [0.29, 0.717) is 15.6 Å². The minimum Gasteiger partial charge on any atom is -0.456 e. The van der Waals surface area contributed by atoms with Crippen LogP contribution in [0.4, 0.5) is 0 Å². The van der Waals surface area contributed by atoms with Gasteiger partial charge in [-0.3, -0.25) is 0 Å². The van der Waals surface area contributed by atoms with Crippen LogP contribution in [-0.2, 0) is 4.74 Å². The van der Waals surface area contributed by atoms with Gasteiger partial charge in [0.2, 0.25) is 0 Å². The van der Waals surface area contributed by atoms with Crippen LogP contribution in [-0.4, -0.2) is 11.6 Å². The fourth-order valence-corrected chi connectivity index (χ4v) is 1.59. The lowest BCUT2D eigenvalue weighted by Crippen LogP contribution is -2.23. The lowest BCUT2D eigenvalue weighted by atomic mass is 10.1. The fourth-order valence-electron chi connectivity index (χ4n) is 1.10. The van der Waals surface area contributed by atoms with Crippen molar-refractivity contribution in [1.29, 1.82) is 0 Å². The molecule has 0 aliphatic heterocycles. The van der Waals surface area contributed by atoms with Crippen molar-refractivity contribution >= 4 is 29.2 Å². The average Bonchev–Trinajstić information content (AvgIpc) is 2.10. The first-order valence-electron chi connectivity index (χ1n) is 4.90. The largest absolute Gasteiger partial charge is 0.456 e. The summed E-state index contributed by atoms with van der Waals surface area (Å²) in [5.41, 5.74) is 0.604. The van der Waals surface area contributed by atoms with Crippen molar-refractivity contribution in [3.05, 3.63) is 33.3 Å². The number of hydrogen-bond acceptors (Lipinski definition) is 2. The van der Waals surface area contributed by atoms with Crippen molar-refractivity contribution in [3.63, 3.8) is 0 Å². The normalized spacial score (nSPS) is 11.4. The Morgan fingerprint density at radius 2 is 1.62 bits per heavy atom. The molecule has 0 aliphatic rings. The summed E-state index contributed by atoms with van der Waals surface area (Å²) in [4.78, 5) is 11.7. The van der Waals surface area contributed by atoms with E-state index in [2.05, 4.69) is 0 Å². The minimum atomic E-state index is -0.527. The molecule has 0 amide bonds. The van der Waals surface area contributed by atoms with Crippen molar-refractivity contribution in [2.75, 3.05) is 0 Å². The van der Waals surface area contributed by atoms with Gasteiger partial charge in [-0.15, -0.1) is 0 Å². The van der Waals surface area contributed by atoms with Gasteiger partial charge in [0, 0.05) is 10.0 Å². The zero-order valence-electron chi connectivity index (χ0n) is 9.73. The highest BCUT2D eigenvalue weighted by atomic mass is 35.5. The first-order valence-corrected chi connectivity index (χ1v) is 5.65. The van der Waals surface area contributed by atoms with Crippen LogP contribution >= 0.6 is 23.2 Å². The number of ether oxygens (including phenoxy) is 1. The summed E-state index contributed by atoms with van der Waals surface area (Å²) >= 11 is 11.9. The quantitative estimate of drug-likeness (QED) is 0.706. The van der Waals surface area contributed by atoms with Crippen molar-refractivity contribution in [2.45, 2.75) is 33.3 Å². The first kappa shape index (κ1) is 13.3. The van der Waals surface area contributed by atoms with Crippen LogP contribution in [0.1, 0.15) is 36.7 Å². The highest BCUT2D eigenvalue weighted by molar-refractivity contribution is 6.36. The van der Waals surface area contributed by atoms with Crippen molar-refractivity contribution in [3.8, 4) is 0 Å². The average molecular weight is 261 g/mol. The standard InChI is InChI=1S/C12H14Cl2O2/c1-7-9(13)5-8(6-10(7)14)11(15)16-12(2,3)4/h5-6H,1-4H3. The molecule has 0 aliphatic carbocycles. The Bertz CT molecular complexity index is 397. The topological polar surface area (TPSA) is 26.3 Å². The summed E-state index contributed by atoms with van der Waals surface area (Å²) in [6, 6.07) is 3.13. The SMILES string of the molecule is Cc1c(Cl)cc(C(=O)OC(C)(C)C)cc1Cl. The number of halogens is 2. The number of benzene rings is 1. The summed E-state index contributed by atoms with van der Waals surface area (Å²) in [6.07, 6.45) is 0. The Balaban J connectivity index is 3.02. The maximum Gasteiger partial charge on any atom is 0.338 e. The molecular formula is C12H14Cl2O2. The maximum absolute atomic E-state index is 11.7. The monoisotopic (exact) mass is 260 g/mol.